The van der Waals surface area contributed by atoms with Gasteiger partial charge in [-0.2, -0.15) is 0 Å². The number of fused-ring (bicyclic) bond motifs is 1. The summed E-state index contributed by atoms with van der Waals surface area (Å²) >= 11 is 0. The zero-order chi connectivity index (χ0) is 19.2. The van der Waals surface area contributed by atoms with Crippen LogP contribution in [0.5, 0.6) is 0 Å². The Hall–Kier alpha value is -1.64. The molecule has 3 nitrogen and oxygen atoms in total. The summed E-state index contributed by atoms with van der Waals surface area (Å²) in [5.41, 5.74) is 2.14. The fraction of sp³-hybridized carbons (Fsp3) is 0.667. The summed E-state index contributed by atoms with van der Waals surface area (Å²) in [5, 5.41) is 1.83. The molecule has 0 bridgehead atoms. The van der Waals surface area contributed by atoms with E-state index in [4.69, 9.17) is 0 Å². The van der Waals surface area contributed by atoms with Crippen LogP contribution in [0.25, 0.3) is 12.2 Å². The third kappa shape index (κ3) is 4.62. The molecule has 3 heteroatoms. The van der Waals surface area contributed by atoms with Crippen molar-refractivity contribution in [2.24, 2.45) is 5.92 Å². The molecule has 1 aromatic heterocycles. The maximum absolute atomic E-state index is 12.9. The molecular formula is C24H35NO2. The minimum absolute atomic E-state index is 0.175. The highest BCUT2D eigenvalue weighted by Gasteiger charge is 2.26. The second-order valence-electron chi connectivity index (χ2n) is 8.38. The fourth-order valence-corrected chi connectivity index (χ4v) is 4.40. The van der Waals surface area contributed by atoms with E-state index < -0.39 is 0 Å². The molecule has 2 aliphatic rings. The van der Waals surface area contributed by atoms with E-state index in [1.54, 1.807) is 0 Å². The minimum atomic E-state index is 0.175. The van der Waals surface area contributed by atoms with Crippen LogP contribution in [-0.2, 0) is 17.8 Å². The average Bonchev–Trinajstić information content (AvgIpc) is 2.63. The molecule has 148 valence electrons. The number of hydrogen-bond donors (Lipinski definition) is 0. The number of Topliss-reactive ketones (excluding diaryl/α,β-unsaturated/α-hetero) is 1. The van der Waals surface area contributed by atoms with E-state index in [2.05, 4.69) is 23.6 Å². The van der Waals surface area contributed by atoms with E-state index in [1.807, 2.05) is 6.92 Å². The van der Waals surface area contributed by atoms with Crippen molar-refractivity contribution in [2.45, 2.75) is 97.4 Å². The molecule has 1 fully saturated rings. The van der Waals surface area contributed by atoms with Crippen molar-refractivity contribution in [1.82, 2.24) is 4.57 Å². The topological polar surface area (TPSA) is 39.1 Å². The Bertz CT molecular complexity index is 843. The van der Waals surface area contributed by atoms with Crippen molar-refractivity contribution in [2.75, 3.05) is 0 Å². The smallest absolute Gasteiger partial charge is 0.192 e. The molecule has 0 amide bonds. The number of pyridine rings is 1. The SMILES string of the molecule is CCCCCCCCc1c(C)c(=O)c2c(n1CC(=O)C1CCC1)=CCCC=2. The van der Waals surface area contributed by atoms with Crippen molar-refractivity contribution in [3.63, 3.8) is 0 Å². The van der Waals surface area contributed by atoms with Crippen molar-refractivity contribution in [1.29, 1.82) is 0 Å². The lowest BCUT2D eigenvalue weighted by Gasteiger charge is -2.26. The molecule has 0 saturated heterocycles. The molecule has 1 aromatic rings. The number of carbonyl (C=O) groups excluding carboxylic acids is 1. The summed E-state index contributed by atoms with van der Waals surface area (Å²) in [4.78, 5) is 25.7. The van der Waals surface area contributed by atoms with E-state index in [0.717, 1.165) is 60.4 Å². The lowest BCUT2D eigenvalue weighted by atomic mass is 9.82. The lowest BCUT2D eigenvalue weighted by molar-refractivity contribution is -0.125. The molecular weight excluding hydrogens is 334 g/mol. The van der Waals surface area contributed by atoms with Gasteiger partial charge in [0.15, 0.2) is 11.2 Å². The standard InChI is InChI=1S/C24H35NO2/c1-3-4-5-6-7-8-15-21-18(2)24(27)20-14-9-10-16-22(20)25(21)17-23(26)19-12-11-13-19/h14,16,19H,3-13,15,17H2,1-2H3. The number of rotatable bonds is 10. The van der Waals surface area contributed by atoms with Gasteiger partial charge >= 0.3 is 0 Å². The van der Waals surface area contributed by atoms with Crippen molar-refractivity contribution in [3.8, 4) is 0 Å². The first kappa shape index (κ1) is 20.1. The van der Waals surface area contributed by atoms with Crippen LogP contribution in [0.4, 0.5) is 0 Å². The van der Waals surface area contributed by atoms with E-state index in [0.29, 0.717) is 12.3 Å². The van der Waals surface area contributed by atoms with Gasteiger partial charge < -0.3 is 4.57 Å². The van der Waals surface area contributed by atoms with Crippen LogP contribution in [0.2, 0.25) is 0 Å². The Morgan fingerprint density at radius 1 is 1.07 bits per heavy atom. The summed E-state index contributed by atoms with van der Waals surface area (Å²) in [5.74, 6) is 0.601. The molecule has 0 aliphatic heterocycles. The first-order chi connectivity index (χ1) is 13.1. The predicted octanol–water partition coefficient (Wildman–Crippen LogP) is 3.78. The highest BCUT2D eigenvalue weighted by atomic mass is 16.1. The summed E-state index contributed by atoms with van der Waals surface area (Å²) < 4.78 is 2.20. The number of aromatic nitrogens is 1. The van der Waals surface area contributed by atoms with E-state index in [1.165, 1.54) is 38.5 Å². The maximum Gasteiger partial charge on any atom is 0.192 e. The zero-order valence-corrected chi connectivity index (χ0v) is 17.2. The fourth-order valence-electron chi connectivity index (χ4n) is 4.40. The molecule has 27 heavy (non-hydrogen) atoms. The Balaban J connectivity index is 1.87. The van der Waals surface area contributed by atoms with Gasteiger partial charge in [-0.05, 0) is 45.4 Å². The van der Waals surface area contributed by atoms with Gasteiger partial charge in [0.05, 0.1) is 6.54 Å². The van der Waals surface area contributed by atoms with Gasteiger partial charge in [-0.25, -0.2) is 0 Å². The molecule has 0 atom stereocenters. The van der Waals surface area contributed by atoms with Gasteiger partial charge in [0, 0.05) is 27.7 Å². The summed E-state index contributed by atoms with van der Waals surface area (Å²) in [6, 6.07) is 0. The van der Waals surface area contributed by atoms with Crippen LogP contribution in [0.15, 0.2) is 4.79 Å². The molecule has 1 saturated carbocycles. The maximum atomic E-state index is 12.9. The van der Waals surface area contributed by atoms with Gasteiger partial charge in [-0.1, -0.05) is 57.6 Å². The third-order valence-corrected chi connectivity index (χ3v) is 6.41. The molecule has 0 aromatic carbocycles. The van der Waals surface area contributed by atoms with Crippen molar-refractivity contribution >= 4 is 17.9 Å². The summed E-state index contributed by atoms with van der Waals surface area (Å²) in [7, 11) is 0. The second kappa shape index (κ2) is 9.52. The normalized spacial score (nSPS) is 16.2. The predicted molar refractivity (Wildman–Crippen MR) is 112 cm³/mol. The molecule has 0 radical (unpaired) electrons. The van der Waals surface area contributed by atoms with Crippen LogP contribution in [0.1, 0.15) is 88.8 Å². The minimum Gasteiger partial charge on any atom is -0.337 e. The van der Waals surface area contributed by atoms with E-state index in [9.17, 15) is 9.59 Å². The van der Waals surface area contributed by atoms with Gasteiger partial charge in [-0.15, -0.1) is 0 Å². The van der Waals surface area contributed by atoms with Crippen LogP contribution in [0.3, 0.4) is 0 Å². The Labute approximate surface area is 163 Å². The first-order valence-electron chi connectivity index (χ1n) is 11.1. The van der Waals surface area contributed by atoms with Crippen LogP contribution in [0, 0.1) is 12.8 Å². The van der Waals surface area contributed by atoms with Crippen LogP contribution >= 0.6 is 0 Å². The molecule has 0 unspecified atom stereocenters. The highest BCUT2D eigenvalue weighted by molar-refractivity contribution is 5.81. The number of hydrogen-bond acceptors (Lipinski definition) is 2. The van der Waals surface area contributed by atoms with Crippen molar-refractivity contribution < 1.29 is 4.79 Å². The highest BCUT2D eigenvalue weighted by Crippen LogP contribution is 2.27. The zero-order valence-electron chi connectivity index (χ0n) is 17.2. The number of carbonyl (C=O) groups is 1. The second-order valence-corrected chi connectivity index (χ2v) is 8.38. The molecule has 3 rings (SSSR count). The number of ketones is 1. The lowest BCUT2D eigenvalue weighted by Crippen LogP contribution is -2.50. The van der Waals surface area contributed by atoms with Gasteiger partial charge in [-0.3, -0.25) is 9.59 Å². The summed E-state index contributed by atoms with van der Waals surface area (Å²) in [6.45, 7) is 4.65. The Morgan fingerprint density at radius 2 is 1.78 bits per heavy atom. The molecule has 1 heterocycles. The third-order valence-electron chi connectivity index (χ3n) is 6.41. The molecule has 0 spiro atoms. The molecule has 0 N–H and O–H groups in total. The first-order valence-corrected chi connectivity index (χ1v) is 11.1. The van der Waals surface area contributed by atoms with Gasteiger partial charge in [0.25, 0.3) is 0 Å². The number of unbranched alkanes of at least 4 members (excludes halogenated alkanes) is 5. The van der Waals surface area contributed by atoms with Gasteiger partial charge in [0.1, 0.15) is 0 Å². The Kier molecular flexibility index (Phi) is 7.09. The van der Waals surface area contributed by atoms with E-state index >= 15 is 0 Å². The number of nitrogens with zero attached hydrogens (tertiary/aromatic N) is 1. The summed E-state index contributed by atoms with van der Waals surface area (Å²) in [6.07, 6.45) is 17.8. The van der Waals surface area contributed by atoms with Crippen LogP contribution in [-0.4, -0.2) is 10.4 Å². The molecule has 2 aliphatic carbocycles. The van der Waals surface area contributed by atoms with Crippen molar-refractivity contribution in [3.05, 3.63) is 32.0 Å². The quantitative estimate of drug-likeness (QED) is 0.589. The largest absolute Gasteiger partial charge is 0.337 e. The monoisotopic (exact) mass is 369 g/mol. The van der Waals surface area contributed by atoms with Crippen LogP contribution < -0.4 is 16.0 Å². The Morgan fingerprint density at radius 3 is 2.48 bits per heavy atom. The average molecular weight is 370 g/mol. The van der Waals surface area contributed by atoms with Gasteiger partial charge in [0.2, 0.25) is 0 Å². The van der Waals surface area contributed by atoms with E-state index in [-0.39, 0.29) is 11.3 Å².